The van der Waals surface area contributed by atoms with Crippen molar-refractivity contribution in [2.45, 2.75) is 19.0 Å². The lowest BCUT2D eigenvalue weighted by Gasteiger charge is -2.34. The first-order valence-corrected chi connectivity index (χ1v) is 6.36. The van der Waals surface area contributed by atoms with E-state index in [1.165, 1.54) is 0 Å². The van der Waals surface area contributed by atoms with E-state index < -0.39 is 0 Å². The number of rotatable bonds is 2. The number of hydrogen-bond donors (Lipinski definition) is 3. The van der Waals surface area contributed by atoms with E-state index in [1.807, 2.05) is 5.01 Å². The molecule has 2 aliphatic heterocycles. The van der Waals surface area contributed by atoms with Gasteiger partial charge in [-0.2, -0.15) is 0 Å². The number of carbonyl (C=O) groups excluding carboxylic acids is 1. The molecule has 98 valence electrons. The molecule has 1 amide bonds. The standard InChI is InChI=1S/C11H23N5O/c1-9-7-13-10(8-12-9)11(17)14-16-5-3-15(2)4-6-16/h9-10,12-13H,3-8H2,1-2H3,(H,14,17). The summed E-state index contributed by atoms with van der Waals surface area (Å²) >= 11 is 0. The molecule has 0 radical (unpaired) electrons. The van der Waals surface area contributed by atoms with Gasteiger partial charge in [0.2, 0.25) is 0 Å². The Morgan fingerprint density at radius 1 is 1.18 bits per heavy atom. The zero-order valence-corrected chi connectivity index (χ0v) is 10.7. The van der Waals surface area contributed by atoms with Crippen molar-refractivity contribution in [2.75, 3.05) is 46.3 Å². The number of hydrogen-bond acceptors (Lipinski definition) is 5. The van der Waals surface area contributed by atoms with E-state index >= 15 is 0 Å². The molecular formula is C11H23N5O. The number of likely N-dealkylation sites (N-methyl/N-ethyl adjacent to an activating group) is 1. The van der Waals surface area contributed by atoms with Crippen molar-refractivity contribution < 1.29 is 4.79 Å². The Morgan fingerprint density at radius 3 is 2.47 bits per heavy atom. The molecule has 0 aromatic carbocycles. The average Bonchev–Trinajstić information content (AvgIpc) is 2.33. The molecule has 0 aromatic rings. The van der Waals surface area contributed by atoms with Gasteiger partial charge >= 0.3 is 0 Å². The van der Waals surface area contributed by atoms with Crippen LogP contribution in [-0.2, 0) is 4.79 Å². The summed E-state index contributed by atoms with van der Waals surface area (Å²) in [5.41, 5.74) is 2.99. The van der Waals surface area contributed by atoms with Crippen LogP contribution < -0.4 is 16.1 Å². The fourth-order valence-corrected chi connectivity index (χ4v) is 2.12. The lowest BCUT2D eigenvalue weighted by atomic mass is 10.1. The summed E-state index contributed by atoms with van der Waals surface area (Å²) in [6.45, 7) is 7.49. The molecule has 17 heavy (non-hydrogen) atoms. The highest BCUT2D eigenvalue weighted by molar-refractivity contribution is 5.81. The van der Waals surface area contributed by atoms with Gasteiger partial charge in [-0.1, -0.05) is 0 Å². The minimum Gasteiger partial charge on any atom is -0.311 e. The van der Waals surface area contributed by atoms with Crippen LogP contribution in [0.5, 0.6) is 0 Å². The summed E-state index contributed by atoms with van der Waals surface area (Å²) in [5, 5.41) is 8.58. The molecule has 0 aliphatic carbocycles. The lowest BCUT2D eigenvalue weighted by molar-refractivity contribution is -0.129. The van der Waals surface area contributed by atoms with Crippen molar-refractivity contribution in [1.82, 2.24) is 26.0 Å². The monoisotopic (exact) mass is 241 g/mol. The van der Waals surface area contributed by atoms with Crippen molar-refractivity contribution in [2.24, 2.45) is 0 Å². The highest BCUT2D eigenvalue weighted by Crippen LogP contribution is 1.98. The third-order valence-corrected chi connectivity index (χ3v) is 3.43. The van der Waals surface area contributed by atoms with Crippen LogP contribution in [0.15, 0.2) is 0 Å². The molecule has 0 spiro atoms. The zero-order valence-electron chi connectivity index (χ0n) is 10.7. The second-order valence-electron chi connectivity index (χ2n) is 5.04. The van der Waals surface area contributed by atoms with Crippen LogP contribution in [0.2, 0.25) is 0 Å². The van der Waals surface area contributed by atoms with Gasteiger partial charge in [-0.3, -0.25) is 10.2 Å². The van der Waals surface area contributed by atoms with Gasteiger partial charge in [0.05, 0.1) is 0 Å². The van der Waals surface area contributed by atoms with Crippen LogP contribution in [0, 0.1) is 0 Å². The SMILES string of the molecule is CC1CNC(C(=O)NN2CCN(C)CC2)CN1. The van der Waals surface area contributed by atoms with Gasteiger partial charge < -0.3 is 15.5 Å². The number of carbonyl (C=O) groups is 1. The topological polar surface area (TPSA) is 59.6 Å². The number of amides is 1. The largest absolute Gasteiger partial charge is 0.311 e. The average molecular weight is 241 g/mol. The molecule has 2 aliphatic rings. The summed E-state index contributed by atoms with van der Waals surface area (Å²) in [6.07, 6.45) is 0. The highest BCUT2D eigenvalue weighted by Gasteiger charge is 2.25. The molecule has 2 saturated heterocycles. The van der Waals surface area contributed by atoms with Crippen LogP contribution in [0.25, 0.3) is 0 Å². The third kappa shape index (κ3) is 3.64. The molecule has 2 unspecified atom stereocenters. The summed E-state index contributed by atoms with van der Waals surface area (Å²) in [4.78, 5) is 14.3. The van der Waals surface area contributed by atoms with E-state index in [1.54, 1.807) is 0 Å². The summed E-state index contributed by atoms with van der Waals surface area (Å²) in [7, 11) is 2.10. The maximum Gasteiger partial charge on any atom is 0.252 e. The second-order valence-corrected chi connectivity index (χ2v) is 5.04. The maximum atomic E-state index is 12.0. The van der Waals surface area contributed by atoms with Crippen molar-refractivity contribution >= 4 is 5.91 Å². The van der Waals surface area contributed by atoms with Crippen molar-refractivity contribution in [3.05, 3.63) is 0 Å². The molecule has 2 heterocycles. The summed E-state index contributed by atoms with van der Waals surface area (Å²) < 4.78 is 0. The quantitative estimate of drug-likeness (QED) is 0.533. The molecule has 0 aromatic heterocycles. The Labute approximate surface area is 103 Å². The van der Waals surface area contributed by atoms with E-state index in [2.05, 4.69) is 34.9 Å². The molecule has 0 saturated carbocycles. The van der Waals surface area contributed by atoms with E-state index in [0.29, 0.717) is 12.6 Å². The normalized spacial score (nSPS) is 32.4. The Balaban J connectivity index is 1.73. The number of nitrogens with zero attached hydrogens (tertiary/aromatic N) is 2. The predicted molar refractivity (Wildman–Crippen MR) is 66.5 cm³/mol. The molecule has 2 rings (SSSR count). The first-order valence-electron chi connectivity index (χ1n) is 6.36. The Kier molecular flexibility index (Phi) is 4.33. The van der Waals surface area contributed by atoms with Crippen LogP contribution in [0.3, 0.4) is 0 Å². The van der Waals surface area contributed by atoms with Crippen LogP contribution >= 0.6 is 0 Å². The van der Waals surface area contributed by atoms with Crippen molar-refractivity contribution in [3.8, 4) is 0 Å². The van der Waals surface area contributed by atoms with E-state index in [-0.39, 0.29) is 11.9 Å². The van der Waals surface area contributed by atoms with Crippen LogP contribution in [0.4, 0.5) is 0 Å². The molecule has 2 atom stereocenters. The van der Waals surface area contributed by atoms with Crippen LogP contribution in [-0.4, -0.2) is 74.2 Å². The van der Waals surface area contributed by atoms with Gasteiger partial charge in [0, 0.05) is 45.3 Å². The first-order chi connectivity index (χ1) is 8.15. The lowest BCUT2D eigenvalue weighted by Crippen LogP contribution is -2.62. The first kappa shape index (κ1) is 12.8. The minimum atomic E-state index is -0.106. The van der Waals surface area contributed by atoms with Gasteiger partial charge in [-0.25, -0.2) is 5.01 Å². The number of hydrazine groups is 1. The van der Waals surface area contributed by atoms with E-state index in [0.717, 1.165) is 32.7 Å². The van der Waals surface area contributed by atoms with Gasteiger partial charge in [0.15, 0.2) is 0 Å². The smallest absolute Gasteiger partial charge is 0.252 e. The Morgan fingerprint density at radius 2 is 1.88 bits per heavy atom. The van der Waals surface area contributed by atoms with E-state index in [4.69, 9.17) is 0 Å². The second kappa shape index (κ2) is 5.77. The Bertz CT molecular complexity index is 257. The molecule has 3 N–H and O–H groups in total. The fraction of sp³-hybridized carbons (Fsp3) is 0.909. The predicted octanol–water partition coefficient (Wildman–Crippen LogP) is -1.79. The molecular weight excluding hydrogens is 218 g/mol. The minimum absolute atomic E-state index is 0.0777. The molecule has 6 nitrogen and oxygen atoms in total. The highest BCUT2D eigenvalue weighted by atomic mass is 16.2. The third-order valence-electron chi connectivity index (χ3n) is 3.43. The van der Waals surface area contributed by atoms with Crippen LogP contribution in [0.1, 0.15) is 6.92 Å². The van der Waals surface area contributed by atoms with Crippen molar-refractivity contribution in [3.63, 3.8) is 0 Å². The van der Waals surface area contributed by atoms with Gasteiger partial charge in [-0.05, 0) is 14.0 Å². The number of piperazine rings is 2. The number of nitrogens with one attached hydrogen (secondary N) is 3. The molecule has 6 heteroatoms. The molecule has 2 fully saturated rings. The van der Waals surface area contributed by atoms with Gasteiger partial charge in [0.25, 0.3) is 5.91 Å². The summed E-state index contributed by atoms with van der Waals surface area (Å²) in [6, 6.07) is 0.341. The van der Waals surface area contributed by atoms with Gasteiger partial charge in [-0.15, -0.1) is 0 Å². The van der Waals surface area contributed by atoms with Gasteiger partial charge in [0.1, 0.15) is 6.04 Å². The Hall–Kier alpha value is -0.690. The maximum absolute atomic E-state index is 12.0. The zero-order chi connectivity index (χ0) is 12.3. The fourth-order valence-electron chi connectivity index (χ4n) is 2.12. The van der Waals surface area contributed by atoms with Crippen molar-refractivity contribution in [1.29, 1.82) is 0 Å². The summed E-state index contributed by atoms with van der Waals surface area (Å²) in [5.74, 6) is 0.0777. The van der Waals surface area contributed by atoms with E-state index in [9.17, 15) is 4.79 Å². The molecule has 0 bridgehead atoms.